The summed E-state index contributed by atoms with van der Waals surface area (Å²) >= 11 is 0. The van der Waals surface area contributed by atoms with Crippen LogP contribution >= 0.6 is 0 Å². The van der Waals surface area contributed by atoms with E-state index in [1.54, 1.807) is 12.3 Å². The molecule has 0 bridgehead atoms. The van der Waals surface area contributed by atoms with Gasteiger partial charge in [0.2, 0.25) is 5.95 Å². The molecule has 0 saturated heterocycles. The van der Waals surface area contributed by atoms with E-state index in [2.05, 4.69) is 5.10 Å². The molecular weight excluding hydrogens is 217 g/mol. The van der Waals surface area contributed by atoms with Crippen LogP contribution in [0.25, 0.3) is 11.1 Å². The second kappa shape index (κ2) is 4.20. The molecule has 17 heavy (non-hydrogen) atoms. The zero-order valence-electron chi connectivity index (χ0n) is 10.2. The summed E-state index contributed by atoms with van der Waals surface area (Å²) in [4.78, 5) is 0. The quantitative estimate of drug-likeness (QED) is 0.810. The van der Waals surface area contributed by atoms with E-state index in [1.165, 1.54) is 4.68 Å². The number of hydrogen-bond acceptors (Lipinski definition) is 2. The Kier molecular flexibility index (Phi) is 2.88. The van der Waals surface area contributed by atoms with Gasteiger partial charge in [0.15, 0.2) is 0 Å². The maximum absolute atomic E-state index is 14.1. The third-order valence-electron chi connectivity index (χ3n) is 2.80. The minimum atomic E-state index is -0.302. The summed E-state index contributed by atoms with van der Waals surface area (Å²) in [5, 5.41) is 4.05. The molecule has 0 aliphatic rings. The van der Waals surface area contributed by atoms with E-state index >= 15 is 0 Å². The van der Waals surface area contributed by atoms with Gasteiger partial charge in [0.05, 0.1) is 11.8 Å². The zero-order valence-corrected chi connectivity index (χ0v) is 10.2. The van der Waals surface area contributed by atoms with Crippen LogP contribution < -0.4 is 5.73 Å². The second-order valence-corrected chi connectivity index (χ2v) is 4.46. The van der Waals surface area contributed by atoms with Crippen molar-refractivity contribution in [1.82, 2.24) is 9.78 Å². The van der Waals surface area contributed by atoms with Gasteiger partial charge in [-0.25, -0.2) is 4.68 Å². The van der Waals surface area contributed by atoms with Crippen LogP contribution in [0.15, 0.2) is 24.4 Å². The first-order chi connectivity index (χ1) is 8.00. The van der Waals surface area contributed by atoms with Gasteiger partial charge >= 0.3 is 0 Å². The maximum atomic E-state index is 14.1. The van der Waals surface area contributed by atoms with E-state index < -0.39 is 0 Å². The monoisotopic (exact) mass is 233 g/mol. The summed E-state index contributed by atoms with van der Waals surface area (Å²) in [6.45, 7) is 5.70. The summed E-state index contributed by atoms with van der Waals surface area (Å²) in [6, 6.07) is 5.49. The summed E-state index contributed by atoms with van der Waals surface area (Å²) in [5.41, 5.74) is 8.72. The summed E-state index contributed by atoms with van der Waals surface area (Å²) in [7, 11) is 0. The van der Waals surface area contributed by atoms with Crippen LogP contribution in [0.2, 0.25) is 0 Å². The summed E-state index contributed by atoms with van der Waals surface area (Å²) < 4.78 is 15.4. The Morgan fingerprint density at radius 1 is 1.35 bits per heavy atom. The molecule has 90 valence electrons. The highest BCUT2D eigenvalue weighted by atomic mass is 19.1. The van der Waals surface area contributed by atoms with Crippen molar-refractivity contribution in [3.63, 3.8) is 0 Å². The largest absolute Gasteiger partial charge is 0.399 e. The lowest BCUT2D eigenvalue weighted by Gasteiger charge is -2.06. The van der Waals surface area contributed by atoms with Crippen molar-refractivity contribution in [3.8, 4) is 11.1 Å². The Morgan fingerprint density at radius 3 is 2.59 bits per heavy atom. The Bertz CT molecular complexity index is 544. The Hall–Kier alpha value is -1.84. The number of nitrogens with two attached hydrogens (primary N) is 1. The molecule has 0 amide bonds. The van der Waals surface area contributed by atoms with E-state index in [9.17, 15) is 4.39 Å². The fraction of sp³-hybridized carbons (Fsp3) is 0.308. The van der Waals surface area contributed by atoms with Gasteiger partial charge in [-0.15, -0.1) is 0 Å². The van der Waals surface area contributed by atoms with Crippen molar-refractivity contribution < 1.29 is 4.39 Å². The Labute approximate surface area is 100 Å². The van der Waals surface area contributed by atoms with Crippen molar-refractivity contribution in [3.05, 3.63) is 35.9 Å². The first-order valence-corrected chi connectivity index (χ1v) is 5.60. The van der Waals surface area contributed by atoms with E-state index in [0.29, 0.717) is 11.3 Å². The molecule has 2 rings (SSSR count). The molecule has 1 heterocycles. The van der Waals surface area contributed by atoms with Gasteiger partial charge < -0.3 is 5.73 Å². The van der Waals surface area contributed by atoms with Gasteiger partial charge in [-0.3, -0.25) is 0 Å². The fourth-order valence-corrected chi connectivity index (χ4v) is 1.74. The lowest BCUT2D eigenvalue weighted by atomic mass is 10.1. The molecule has 1 aromatic carbocycles. The molecule has 0 atom stereocenters. The van der Waals surface area contributed by atoms with E-state index in [1.807, 2.05) is 32.9 Å². The standard InChI is InChI=1S/C13H16FN3/c1-8(2)17-13(14)11(7-16-17)10-4-5-12(15)9(3)6-10/h4-8H,15H2,1-3H3. The van der Waals surface area contributed by atoms with Crippen LogP contribution in [0.4, 0.5) is 10.1 Å². The molecule has 0 unspecified atom stereocenters. The number of benzene rings is 1. The number of rotatable bonds is 2. The third-order valence-corrected chi connectivity index (χ3v) is 2.80. The second-order valence-electron chi connectivity index (χ2n) is 4.46. The van der Waals surface area contributed by atoms with Crippen molar-refractivity contribution in [2.24, 2.45) is 0 Å². The third kappa shape index (κ3) is 2.02. The van der Waals surface area contributed by atoms with Gasteiger partial charge in [-0.05, 0) is 44.0 Å². The minimum absolute atomic E-state index is 0.0126. The normalized spacial score (nSPS) is 11.1. The van der Waals surface area contributed by atoms with Crippen molar-refractivity contribution in [2.45, 2.75) is 26.8 Å². The smallest absolute Gasteiger partial charge is 0.219 e. The van der Waals surface area contributed by atoms with Gasteiger partial charge in [0, 0.05) is 11.7 Å². The van der Waals surface area contributed by atoms with Crippen molar-refractivity contribution in [1.29, 1.82) is 0 Å². The van der Waals surface area contributed by atoms with Gasteiger partial charge in [-0.1, -0.05) is 6.07 Å². The minimum Gasteiger partial charge on any atom is -0.399 e. The molecule has 0 aliphatic carbocycles. The molecule has 1 aromatic heterocycles. The van der Waals surface area contributed by atoms with Gasteiger partial charge in [-0.2, -0.15) is 9.49 Å². The summed E-state index contributed by atoms with van der Waals surface area (Å²) in [6.07, 6.45) is 1.56. The van der Waals surface area contributed by atoms with Crippen LogP contribution in [0.5, 0.6) is 0 Å². The number of aromatic nitrogens is 2. The van der Waals surface area contributed by atoms with Crippen molar-refractivity contribution in [2.75, 3.05) is 5.73 Å². The number of nitrogens with zero attached hydrogens (tertiary/aromatic N) is 2. The van der Waals surface area contributed by atoms with E-state index in [4.69, 9.17) is 5.73 Å². The van der Waals surface area contributed by atoms with Crippen LogP contribution in [0.1, 0.15) is 25.5 Å². The zero-order chi connectivity index (χ0) is 12.6. The predicted octanol–water partition coefficient (Wildman–Crippen LogP) is 3.16. The highest BCUT2D eigenvalue weighted by Crippen LogP contribution is 2.26. The Balaban J connectivity index is 2.50. The van der Waals surface area contributed by atoms with Crippen LogP contribution in [-0.4, -0.2) is 9.78 Å². The highest BCUT2D eigenvalue weighted by molar-refractivity contribution is 5.66. The topological polar surface area (TPSA) is 43.8 Å². The number of nitrogen functional groups attached to an aromatic ring is 1. The van der Waals surface area contributed by atoms with Gasteiger partial charge in [0.1, 0.15) is 0 Å². The number of hydrogen-bond donors (Lipinski definition) is 1. The fourth-order valence-electron chi connectivity index (χ4n) is 1.74. The average Bonchev–Trinajstić information content (AvgIpc) is 2.64. The average molecular weight is 233 g/mol. The van der Waals surface area contributed by atoms with E-state index in [0.717, 1.165) is 11.1 Å². The number of aryl methyl sites for hydroxylation is 1. The van der Waals surface area contributed by atoms with Crippen molar-refractivity contribution >= 4 is 5.69 Å². The molecule has 4 heteroatoms. The summed E-state index contributed by atoms with van der Waals surface area (Å²) in [5.74, 6) is -0.302. The van der Waals surface area contributed by atoms with Gasteiger partial charge in [0.25, 0.3) is 0 Å². The molecule has 0 aliphatic heterocycles. The van der Waals surface area contributed by atoms with Crippen LogP contribution in [0.3, 0.4) is 0 Å². The Morgan fingerprint density at radius 2 is 2.06 bits per heavy atom. The molecule has 0 fully saturated rings. The first-order valence-electron chi connectivity index (χ1n) is 5.60. The first kappa shape index (κ1) is 11.6. The van der Waals surface area contributed by atoms with Crippen LogP contribution in [0, 0.1) is 12.9 Å². The molecule has 0 spiro atoms. The molecule has 0 radical (unpaired) electrons. The molecule has 2 aromatic rings. The molecular formula is C13H16FN3. The number of halogens is 1. The SMILES string of the molecule is Cc1cc(-c2cnn(C(C)C)c2F)ccc1N. The molecule has 3 nitrogen and oxygen atoms in total. The molecule has 2 N–H and O–H groups in total. The van der Waals surface area contributed by atoms with Crippen LogP contribution in [-0.2, 0) is 0 Å². The van der Waals surface area contributed by atoms with E-state index in [-0.39, 0.29) is 12.0 Å². The maximum Gasteiger partial charge on any atom is 0.219 e. The lowest BCUT2D eigenvalue weighted by Crippen LogP contribution is -2.05. The highest BCUT2D eigenvalue weighted by Gasteiger charge is 2.14. The molecule has 0 saturated carbocycles. The lowest BCUT2D eigenvalue weighted by molar-refractivity contribution is 0.417. The predicted molar refractivity (Wildman–Crippen MR) is 67.2 cm³/mol. The number of anilines is 1.